The van der Waals surface area contributed by atoms with E-state index in [1.54, 1.807) is 0 Å². The Morgan fingerprint density at radius 1 is 1.47 bits per heavy atom. The van der Waals surface area contributed by atoms with Crippen LogP contribution in [0.5, 0.6) is 5.75 Å². The summed E-state index contributed by atoms with van der Waals surface area (Å²) in [6, 6.07) is 8.55. The average molecular weight is 254 g/mol. The van der Waals surface area contributed by atoms with Crippen LogP contribution in [0.1, 0.15) is 25.8 Å². The van der Waals surface area contributed by atoms with E-state index >= 15 is 0 Å². The minimum atomic E-state index is 0. The zero-order chi connectivity index (χ0) is 11.8. The molecule has 0 amide bonds. The summed E-state index contributed by atoms with van der Waals surface area (Å²) in [5.41, 5.74) is 1.22. The van der Waals surface area contributed by atoms with Gasteiger partial charge in [0.05, 0.1) is 0 Å². The molecule has 0 aliphatic rings. The molecule has 0 aliphatic heterocycles. The fourth-order valence-corrected chi connectivity index (χ4v) is 1.31. The van der Waals surface area contributed by atoms with Crippen LogP contribution in [-0.2, 0) is 6.54 Å². The number of benzene rings is 1. The third kappa shape index (κ3) is 6.21. The fourth-order valence-electron chi connectivity index (χ4n) is 1.31. The molecule has 2 nitrogen and oxygen atoms in total. The minimum absolute atomic E-state index is 0. The van der Waals surface area contributed by atoms with Gasteiger partial charge in [-0.1, -0.05) is 25.0 Å². The SMILES string of the molecule is C#CCOc1cccc(CNC(C)CC)c1.Cl. The van der Waals surface area contributed by atoms with Crippen molar-refractivity contribution in [1.29, 1.82) is 0 Å². The lowest BCUT2D eigenvalue weighted by molar-refractivity contribution is 0.369. The van der Waals surface area contributed by atoms with E-state index in [2.05, 4.69) is 31.2 Å². The number of hydrogen-bond acceptors (Lipinski definition) is 2. The Hall–Kier alpha value is -1.17. The van der Waals surface area contributed by atoms with Crippen LogP contribution in [0.4, 0.5) is 0 Å². The Bertz CT molecular complexity index is 359. The zero-order valence-corrected chi connectivity index (χ0v) is 11.2. The van der Waals surface area contributed by atoms with Crippen molar-refractivity contribution in [2.24, 2.45) is 0 Å². The Morgan fingerprint density at radius 2 is 2.24 bits per heavy atom. The van der Waals surface area contributed by atoms with E-state index in [1.165, 1.54) is 5.56 Å². The van der Waals surface area contributed by atoms with Crippen LogP contribution >= 0.6 is 12.4 Å². The van der Waals surface area contributed by atoms with Crippen molar-refractivity contribution in [3.63, 3.8) is 0 Å². The molecule has 1 aromatic rings. The summed E-state index contributed by atoms with van der Waals surface area (Å²) in [6.07, 6.45) is 6.28. The minimum Gasteiger partial charge on any atom is -0.481 e. The number of halogens is 1. The van der Waals surface area contributed by atoms with Crippen molar-refractivity contribution < 1.29 is 4.74 Å². The van der Waals surface area contributed by atoms with E-state index in [0.717, 1.165) is 18.7 Å². The summed E-state index contributed by atoms with van der Waals surface area (Å²) in [6.45, 7) is 5.54. The fraction of sp³-hybridized carbons (Fsp3) is 0.429. The summed E-state index contributed by atoms with van der Waals surface area (Å²) in [5, 5.41) is 3.44. The van der Waals surface area contributed by atoms with Crippen molar-refractivity contribution in [3.8, 4) is 18.1 Å². The van der Waals surface area contributed by atoms with Crippen LogP contribution in [-0.4, -0.2) is 12.6 Å². The maximum atomic E-state index is 5.37. The average Bonchev–Trinajstić information content (AvgIpc) is 2.34. The van der Waals surface area contributed by atoms with Gasteiger partial charge >= 0.3 is 0 Å². The third-order valence-electron chi connectivity index (χ3n) is 2.49. The monoisotopic (exact) mass is 253 g/mol. The molecule has 1 N–H and O–H groups in total. The molecule has 3 heteroatoms. The molecule has 0 aromatic heterocycles. The van der Waals surface area contributed by atoms with Crippen LogP contribution in [0.3, 0.4) is 0 Å². The number of rotatable bonds is 6. The van der Waals surface area contributed by atoms with Gasteiger partial charge in [0.25, 0.3) is 0 Å². The second-order valence-corrected chi connectivity index (χ2v) is 3.83. The van der Waals surface area contributed by atoms with Crippen molar-refractivity contribution in [3.05, 3.63) is 29.8 Å². The van der Waals surface area contributed by atoms with Gasteiger partial charge in [-0.3, -0.25) is 0 Å². The molecule has 1 unspecified atom stereocenters. The molecule has 0 spiro atoms. The molecule has 1 rings (SSSR count). The van der Waals surface area contributed by atoms with E-state index in [9.17, 15) is 0 Å². The molecule has 1 aromatic carbocycles. The van der Waals surface area contributed by atoms with Gasteiger partial charge in [-0.15, -0.1) is 18.8 Å². The topological polar surface area (TPSA) is 21.3 Å². The van der Waals surface area contributed by atoms with Crippen molar-refractivity contribution >= 4 is 12.4 Å². The van der Waals surface area contributed by atoms with Gasteiger partial charge in [0.2, 0.25) is 0 Å². The Balaban J connectivity index is 0.00000256. The maximum Gasteiger partial charge on any atom is 0.148 e. The highest BCUT2D eigenvalue weighted by Gasteiger charge is 1.99. The van der Waals surface area contributed by atoms with Gasteiger partial charge in [-0.25, -0.2) is 0 Å². The number of nitrogens with one attached hydrogen (secondary N) is 1. The molecule has 0 heterocycles. The van der Waals surface area contributed by atoms with Gasteiger partial charge in [-0.2, -0.15) is 0 Å². The molecule has 0 bridgehead atoms. The maximum absolute atomic E-state index is 5.37. The van der Waals surface area contributed by atoms with Gasteiger partial charge in [0, 0.05) is 12.6 Å². The summed E-state index contributed by atoms with van der Waals surface area (Å²) >= 11 is 0. The number of ether oxygens (including phenoxy) is 1. The predicted octanol–water partition coefficient (Wildman–Crippen LogP) is 3.01. The van der Waals surface area contributed by atoms with E-state index < -0.39 is 0 Å². The van der Waals surface area contributed by atoms with Crippen molar-refractivity contribution in [1.82, 2.24) is 5.32 Å². The molecule has 0 aliphatic carbocycles. The Labute approximate surface area is 110 Å². The van der Waals surface area contributed by atoms with Crippen LogP contribution in [0.25, 0.3) is 0 Å². The molecule has 1 atom stereocenters. The molecule has 17 heavy (non-hydrogen) atoms. The Kier molecular flexibility index (Phi) is 8.31. The number of terminal acetylenes is 1. The quantitative estimate of drug-likeness (QED) is 0.787. The Morgan fingerprint density at radius 3 is 2.88 bits per heavy atom. The van der Waals surface area contributed by atoms with Crippen LogP contribution in [0.15, 0.2) is 24.3 Å². The van der Waals surface area contributed by atoms with Gasteiger partial charge in [-0.05, 0) is 31.0 Å². The molecular weight excluding hydrogens is 234 g/mol. The summed E-state index contributed by atoms with van der Waals surface area (Å²) in [4.78, 5) is 0. The van der Waals surface area contributed by atoms with E-state index in [0.29, 0.717) is 12.6 Å². The molecule has 0 saturated carbocycles. The first-order valence-electron chi connectivity index (χ1n) is 5.64. The van der Waals surface area contributed by atoms with Gasteiger partial charge < -0.3 is 10.1 Å². The molecule has 0 radical (unpaired) electrons. The smallest absolute Gasteiger partial charge is 0.148 e. The lowest BCUT2D eigenvalue weighted by Gasteiger charge is -2.11. The van der Waals surface area contributed by atoms with Crippen molar-refractivity contribution in [2.45, 2.75) is 32.9 Å². The lowest BCUT2D eigenvalue weighted by atomic mass is 10.2. The van der Waals surface area contributed by atoms with E-state index in [-0.39, 0.29) is 12.4 Å². The van der Waals surface area contributed by atoms with Crippen LogP contribution < -0.4 is 10.1 Å². The van der Waals surface area contributed by atoms with E-state index in [4.69, 9.17) is 11.2 Å². The van der Waals surface area contributed by atoms with Crippen LogP contribution in [0, 0.1) is 12.3 Å². The van der Waals surface area contributed by atoms with Crippen molar-refractivity contribution in [2.75, 3.05) is 6.61 Å². The lowest BCUT2D eigenvalue weighted by Crippen LogP contribution is -2.24. The van der Waals surface area contributed by atoms with Crippen LogP contribution in [0.2, 0.25) is 0 Å². The summed E-state index contributed by atoms with van der Waals surface area (Å²) in [7, 11) is 0. The first-order chi connectivity index (χ1) is 7.76. The first kappa shape index (κ1) is 15.8. The normalized spacial score (nSPS) is 11.1. The highest BCUT2D eigenvalue weighted by atomic mass is 35.5. The third-order valence-corrected chi connectivity index (χ3v) is 2.49. The van der Waals surface area contributed by atoms with Gasteiger partial charge in [0.1, 0.15) is 12.4 Å². The van der Waals surface area contributed by atoms with Gasteiger partial charge in [0.15, 0.2) is 0 Å². The highest BCUT2D eigenvalue weighted by Crippen LogP contribution is 2.13. The largest absolute Gasteiger partial charge is 0.481 e. The second kappa shape index (κ2) is 8.92. The molecule has 0 saturated heterocycles. The molecule has 0 fully saturated rings. The summed E-state index contributed by atoms with van der Waals surface area (Å²) in [5.74, 6) is 3.29. The summed E-state index contributed by atoms with van der Waals surface area (Å²) < 4.78 is 5.37. The molecule has 94 valence electrons. The zero-order valence-electron chi connectivity index (χ0n) is 10.4. The predicted molar refractivity (Wildman–Crippen MR) is 74.6 cm³/mol. The standard InChI is InChI=1S/C14H19NO.ClH/c1-4-9-16-14-8-6-7-13(10-14)11-15-12(3)5-2;/h1,6-8,10,12,15H,5,9,11H2,2-3H3;1H. The van der Waals surface area contributed by atoms with E-state index in [1.807, 2.05) is 18.2 Å². The molecular formula is C14H20ClNO. The highest BCUT2D eigenvalue weighted by molar-refractivity contribution is 5.85. The first-order valence-corrected chi connectivity index (χ1v) is 5.64. The number of hydrogen-bond donors (Lipinski definition) is 1. The second-order valence-electron chi connectivity index (χ2n) is 3.83.